The molecule has 8 heteroatoms. The molecule has 0 bridgehead atoms. The Morgan fingerprint density at radius 3 is 2.37 bits per heavy atom. The number of carboxylic acid groups (broad SMARTS) is 1. The van der Waals surface area contributed by atoms with Crippen LogP contribution in [0.2, 0.25) is 0 Å². The highest BCUT2D eigenvalue weighted by atomic mass is 19.4. The number of alkyl halides is 3. The number of rotatable bonds is 6. The molecule has 0 aliphatic heterocycles. The predicted molar refractivity (Wildman–Crippen MR) is 58.4 cm³/mol. The maximum absolute atomic E-state index is 12.0. The van der Waals surface area contributed by atoms with Crippen LogP contribution in [0.3, 0.4) is 0 Å². The molecular weight excluding hydrogens is 265 g/mol. The van der Waals surface area contributed by atoms with E-state index in [1.54, 1.807) is 13.8 Å². The second kappa shape index (κ2) is 5.58. The van der Waals surface area contributed by atoms with Gasteiger partial charge < -0.3 is 9.52 Å². The van der Waals surface area contributed by atoms with Gasteiger partial charge in [-0.05, 0) is 5.41 Å². The van der Waals surface area contributed by atoms with Crippen LogP contribution in [0.25, 0.3) is 0 Å². The Bertz CT molecular complexity index is 441. The summed E-state index contributed by atoms with van der Waals surface area (Å²) in [6.07, 6.45) is -5.54. The van der Waals surface area contributed by atoms with Crippen LogP contribution in [0.1, 0.15) is 38.5 Å². The third-order valence-electron chi connectivity index (χ3n) is 2.39. The van der Waals surface area contributed by atoms with Gasteiger partial charge in [0.05, 0.1) is 12.8 Å². The molecule has 0 atom stereocenters. The van der Waals surface area contributed by atoms with E-state index in [0.29, 0.717) is 0 Å². The van der Waals surface area contributed by atoms with Crippen molar-refractivity contribution in [2.24, 2.45) is 5.41 Å². The summed E-state index contributed by atoms with van der Waals surface area (Å²) in [4.78, 5) is 10.6. The molecule has 19 heavy (non-hydrogen) atoms. The van der Waals surface area contributed by atoms with E-state index in [0.717, 1.165) is 0 Å². The Kier molecular flexibility index (Phi) is 4.54. The zero-order valence-electron chi connectivity index (χ0n) is 10.6. The molecule has 1 aromatic rings. The molecular formula is C11H15F3N2O3. The van der Waals surface area contributed by atoms with Gasteiger partial charge in [0.2, 0.25) is 11.8 Å². The average Bonchev–Trinajstić information content (AvgIpc) is 2.58. The van der Waals surface area contributed by atoms with Crippen molar-refractivity contribution in [3.05, 3.63) is 11.8 Å². The molecule has 5 nitrogen and oxygen atoms in total. The highest BCUT2D eigenvalue weighted by Crippen LogP contribution is 2.26. The molecule has 0 radical (unpaired) electrons. The lowest BCUT2D eigenvalue weighted by molar-refractivity contribution is -0.139. The fraction of sp³-hybridized carbons (Fsp3) is 0.727. The van der Waals surface area contributed by atoms with Crippen LogP contribution < -0.4 is 0 Å². The van der Waals surface area contributed by atoms with Gasteiger partial charge in [0.15, 0.2) is 0 Å². The minimum Gasteiger partial charge on any atom is -0.481 e. The third-order valence-corrected chi connectivity index (χ3v) is 2.39. The van der Waals surface area contributed by atoms with Crippen molar-refractivity contribution in [2.75, 3.05) is 0 Å². The van der Waals surface area contributed by atoms with Gasteiger partial charge in [-0.2, -0.15) is 13.2 Å². The minimum absolute atomic E-state index is 0.0848. The number of hydrogen-bond acceptors (Lipinski definition) is 4. The molecule has 0 aliphatic rings. The number of carboxylic acids is 1. The van der Waals surface area contributed by atoms with Crippen molar-refractivity contribution in [3.8, 4) is 0 Å². The third kappa shape index (κ3) is 6.21. The molecule has 1 N–H and O–H groups in total. The Hall–Kier alpha value is -1.60. The Balaban J connectivity index is 2.57. The number of aliphatic carboxylic acids is 1. The summed E-state index contributed by atoms with van der Waals surface area (Å²) in [5.74, 6) is -0.885. The Morgan fingerprint density at radius 2 is 1.84 bits per heavy atom. The maximum atomic E-state index is 12.0. The molecule has 0 fully saturated rings. The summed E-state index contributed by atoms with van der Waals surface area (Å²) in [6.45, 7) is 3.42. The SMILES string of the molecule is CC(C)(CC(=O)O)Cc1nnc(CCC(F)(F)F)o1. The van der Waals surface area contributed by atoms with E-state index < -0.39 is 24.0 Å². The average molecular weight is 280 g/mol. The van der Waals surface area contributed by atoms with Crippen molar-refractivity contribution >= 4 is 5.97 Å². The van der Waals surface area contributed by atoms with Gasteiger partial charge >= 0.3 is 12.1 Å². The lowest BCUT2D eigenvalue weighted by atomic mass is 9.86. The zero-order valence-corrected chi connectivity index (χ0v) is 10.6. The van der Waals surface area contributed by atoms with E-state index in [1.807, 2.05) is 0 Å². The van der Waals surface area contributed by atoms with Gasteiger partial charge in [-0.15, -0.1) is 10.2 Å². The fourth-order valence-corrected chi connectivity index (χ4v) is 1.59. The minimum atomic E-state index is -4.27. The van der Waals surface area contributed by atoms with Crippen LogP contribution >= 0.6 is 0 Å². The Morgan fingerprint density at radius 1 is 1.26 bits per heavy atom. The van der Waals surface area contributed by atoms with Crippen LogP contribution in [0.5, 0.6) is 0 Å². The molecule has 1 rings (SSSR count). The first-order chi connectivity index (χ1) is 8.57. The van der Waals surface area contributed by atoms with Crippen LogP contribution in [0.4, 0.5) is 13.2 Å². The van der Waals surface area contributed by atoms with Crippen LogP contribution in [0.15, 0.2) is 4.42 Å². The standard InChI is InChI=1S/C11H15F3N2O3/c1-10(2,6-9(17)18)5-8-16-15-7(19-8)3-4-11(12,13)14/h3-6H2,1-2H3,(H,17,18). The number of carbonyl (C=O) groups is 1. The van der Waals surface area contributed by atoms with Gasteiger partial charge in [-0.3, -0.25) is 4.79 Å². The predicted octanol–water partition coefficient (Wildman–Crippen LogP) is 2.61. The Labute approximate surface area is 107 Å². The number of hydrogen-bond donors (Lipinski definition) is 1. The molecule has 1 aromatic heterocycles. The molecule has 0 amide bonds. The van der Waals surface area contributed by atoms with E-state index in [2.05, 4.69) is 10.2 Å². The second-order valence-electron chi connectivity index (χ2n) is 5.12. The largest absolute Gasteiger partial charge is 0.481 e. The summed E-state index contributed by atoms with van der Waals surface area (Å²) in [6, 6.07) is 0. The summed E-state index contributed by atoms with van der Waals surface area (Å²) in [7, 11) is 0. The highest BCUT2D eigenvalue weighted by molar-refractivity contribution is 5.67. The number of nitrogens with zero attached hydrogens (tertiary/aromatic N) is 2. The molecule has 0 unspecified atom stereocenters. The summed E-state index contributed by atoms with van der Waals surface area (Å²) >= 11 is 0. The molecule has 108 valence electrons. The molecule has 0 spiro atoms. The van der Waals surface area contributed by atoms with Crippen molar-refractivity contribution in [1.82, 2.24) is 10.2 Å². The van der Waals surface area contributed by atoms with E-state index in [1.165, 1.54) is 0 Å². The van der Waals surface area contributed by atoms with Crippen molar-refractivity contribution in [3.63, 3.8) is 0 Å². The summed E-state index contributed by atoms with van der Waals surface area (Å²) in [5, 5.41) is 15.9. The first kappa shape index (κ1) is 15.5. The number of halogens is 3. The first-order valence-electron chi connectivity index (χ1n) is 5.67. The molecule has 0 saturated carbocycles. The van der Waals surface area contributed by atoms with Crippen LogP contribution in [-0.4, -0.2) is 27.4 Å². The molecule has 0 aromatic carbocycles. The van der Waals surface area contributed by atoms with E-state index in [9.17, 15) is 18.0 Å². The molecule has 0 aliphatic carbocycles. The number of aryl methyl sites for hydroxylation is 1. The quantitative estimate of drug-likeness (QED) is 0.866. The smallest absolute Gasteiger partial charge is 0.389 e. The van der Waals surface area contributed by atoms with Crippen LogP contribution in [0, 0.1) is 5.41 Å². The topological polar surface area (TPSA) is 76.2 Å². The van der Waals surface area contributed by atoms with Crippen molar-refractivity contribution in [1.29, 1.82) is 0 Å². The van der Waals surface area contributed by atoms with Crippen LogP contribution in [-0.2, 0) is 17.6 Å². The van der Waals surface area contributed by atoms with Gasteiger partial charge in [0.25, 0.3) is 0 Å². The first-order valence-corrected chi connectivity index (χ1v) is 5.67. The zero-order chi connectivity index (χ0) is 14.7. The van der Waals surface area contributed by atoms with Gasteiger partial charge in [-0.25, -0.2) is 0 Å². The van der Waals surface area contributed by atoms with E-state index in [4.69, 9.17) is 9.52 Å². The maximum Gasteiger partial charge on any atom is 0.389 e. The van der Waals surface area contributed by atoms with Crippen molar-refractivity contribution in [2.45, 2.75) is 45.7 Å². The summed E-state index contributed by atoms with van der Waals surface area (Å²) in [5.41, 5.74) is -0.598. The highest BCUT2D eigenvalue weighted by Gasteiger charge is 2.29. The molecule has 0 saturated heterocycles. The van der Waals surface area contributed by atoms with E-state index in [-0.39, 0.29) is 31.0 Å². The molecule has 1 heterocycles. The van der Waals surface area contributed by atoms with Crippen molar-refractivity contribution < 1.29 is 27.5 Å². The van der Waals surface area contributed by atoms with Gasteiger partial charge in [0.1, 0.15) is 0 Å². The fourth-order valence-electron chi connectivity index (χ4n) is 1.59. The van der Waals surface area contributed by atoms with Gasteiger partial charge in [0, 0.05) is 12.8 Å². The van der Waals surface area contributed by atoms with E-state index >= 15 is 0 Å². The lowest BCUT2D eigenvalue weighted by Gasteiger charge is -2.19. The normalized spacial score (nSPS) is 12.7. The second-order valence-corrected chi connectivity index (χ2v) is 5.12. The number of aromatic nitrogens is 2. The lowest BCUT2D eigenvalue weighted by Crippen LogP contribution is -2.19. The van der Waals surface area contributed by atoms with Gasteiger partial charge in [-0.1, -0.05) is 13.8 Å². The monoisotopic (exact) mass is 280 g/mol. The summed E-state index contributed by atoms with van der Waals surface area (Å²) < 4.78 is 41.1.